The smallest absolute Gasteiger partial charge is 0.350 e. The minimum atomic E-state index is -0.686. The van der Waals surface area contributed by atoms with E-state index in [0.717, 1.165) is 15.6 Å². The predicted molar refractivity (Wildman–Crippen MR) is 115 cm³/mol. The highest BCUT2D eigenvalue weighted by molar-refractivity contribution is 6.04. The van der Waals surface area contributed by atoms with Crippen LogP contribution >= 0.6 is 0 Å². The Hall–Kier alpha value is -4.34. The van der Waals surface area contributed by atoms with Gasteiger partial charge in [-0.05, 0) is 18.2 Å². The molecule has 4 aromatic rings. The van der Waals surface area contributed by atoms with E-state index in [2.05, 4.69) is 15.1 Å². The lowest BCUT2D eigenvalue weighted by Gasteiger charge is -2.13. The number of benzene rings is 2. The summed E-state index contributed by atoms with van der Waals surface area (Å²) in [6, 6.07) is 10.3. The van der Waals surface area contributed by atoms with E-state index in [1.807, 2.05) is 18.2 Å². The maximum Gasteiger partial charge on any atom is 0.350 e. The predicted octanol–water partition coefficient (Wildman–Crippen LogP) is 2.00. The molecule has 0 saturated carbocycles. The summed E-state index contributed by atoms with van der Waals surface area (Å²) < 4.78 is 16.4. The zero-order chi connectivity index (χ0) is 22.1. The third-order valence-corrected chi connectivity index (χ3v) is 4.59. The number of fused-ring (bicyclic) bond motifs is 3. The Morgan fingerprint density at radius 2 is 1.71 bits per heavy atom. The monoisotopic (exact) mass is 422 g/mol. The van der Waals surface area contributed by atoms with Crippen LogP contribution in [0.15, 0.2) is 51.1 Å². The van der Waals surface area contributed by atoms with Crippen molar-refractivity contribution in [3.05, 3.63) is 62.8 Å². The number of aromatic nitrogens is 3. The number of hydrogen-bond acceptors (Lipinski definition) is 7. The van der Waals surface area contributed by atoms with Gasteiger partial charge in [-0.3, -0.25) is 9.59 Å². The molecule has 10 heteroatoms. The fourth-order valence-corrected chi connectivity index (χ4v) is 3.24. The quantitative estimate of drug-likeness (QED) is 0.288. The molecule has 2 aromatic carbocycles. The fraction of sp³-hybridized carbons (Fsp3) is 0.143. The van der Waals surface area contributed by atoms with Gasteiger partial charge >= 0.3 is 17.2 Å². The first-order chi connectivity index (χ1) is 14.9. The molecule has 0 unspecified atom stereocenters. The number of nitrogens with zero attached hydrogens (tertiary/aromatic N) is 2. The normalized spacial score (nSPS) is 11.3. The summed E-state index contributed by atoms with van der Waals surface area (Å²) in [6.45, 7) is 1.26. The number of methoxy groups -OCH3 is 2. The number of ether oxygens (including phenoxy) is 3. The Kier molecular flexibility index (Phi) is 5.04. The van der Waals surface area contributed by atoms with Crippen molar-refractivity contribution in [1.29, 1.82) is 0 Å². The molecular formula is C21H18N4O6. The average Bonchev–Trinajstić information content (AvgIpc) is 3.12. The first-order valence-corrected chi connectivity index (χ1v) is 9.17. The van der Waals surface area contributed by atoms with Crippen LogP contribution in [0.2, 0.25) is 0 Å². The summed E-state index contributed by atoms with van der Waals surface area (Å²) in [7, 11) is 2.81. The van der Waals surface area contributed by atoms with E-state index >= 15 is 0 Å². The van der Waals surface area contributed by atoms with Crippen LogP contribution in [0.3, 0.4) is 0 Å². The molecule has 2 heterocycles. The first-order valence-electron chi connectivity index (χ1n) is 9.17. The van der Waals surface area contributed by atoms with E-state index in [0.29, 0.717) is 11.1 Å². The molecule has 2 N–H and O–H groups in total. The van der Waals surface area contributed by atoms with Crippen LogP contribution in [0, 0.1) is 0 Å². The number of para-hydroxylation sites is 1. The third kappa shape index (κ3) is 3.54. The minimum absolute atomic E-state index is 0.115. The Morgan fingerprint density at radius 1 is 1.03 bits per heavy atom. The molecule has 0 aliphatic carbocycles. The van der Waals surface area contributed by atoms with Crippen LogP contribution in [-0.4, -0.2) is 41.0 Å². The van der Waals surface area contributed by atoms with Gasteiger partial charge in [-0.1, -0.05) is 18.2 Å². The highest BCUT2D eigenvalue weighted by atomic mass is 16.6. The van der Waals surface area contributed by atoms with Gasteiger partial charge in [0.15, 0.2) is 11.5 Å². The van der Waals surface area contributed by atoms with Gasteiger partial charge in [-0.25, -0.2) is 4.79 Å². The van der Waals surface area contributed by atoms with Gasteiger partial charge in [0.25, 0.3) is 0 Å². The second-order valence-electron chi connectivity index (χ2n) is 6.56. The largest absolute Gasteiger partial charge is 0.493 e. The van der Waals surface area contributed by atoms with Gasteiger partial charge in [0.1, 0.15) is 5.52 Å². The van der Waals surface area contributed by atoms with Crippen molar-refractivity contribution in [2.75, 3.05) is 14.2 Å². The fourth-order valence-electron chi connectivity index (χ4n) is 3.24. The summed E-state index contributed by atoms with van der Waals surface area (Å²) in [5, 5.41) is 4.77. The highest BCUT2D eigenvalue weighted by Gasteiger charge is 2.16. The Balaban J connectivity index is 1.81. The van der Waals surface area contributed by atoms with Crippen molar-refractivity contribution in [2.24, 2.45) is 5.10 Å². The van der Waals surface area contributed by atoms with Gasteiger partial charge in [0, 0.05) is 23.4 Å². The van der Waals surface area contributed by atoms with Gasteiger partial charge in [-0.2, -0.15) is 5.10 Å². The summed E-state index contributed by atoms with van der Waals surface area (Å²) >= 11 is 0. The molecule has 0 amide bonds. The maximum atomic E-state index is 12.9. The standard InChI is InChI=1S/C21H18N4O6/c1-11(26)31-19-15(29-2)8-12(9-16(19)30-3)10-22-25-20(27)18-17(24-21(25)28)13-6-4-5-7-14(13)23-18/h4-10,23H,1-3H3,(H,24,28)/b22-10-. The topological polar surface area (TPSA) is 128 Å². The minimum Gasteiger partial charge on any atom is -0.493 e. The van der Waals surface area contributed by atoms with Gasteiger partial charge in [-0.15, -0.1) is 4.68 Å². The van der Waals surface area contributed by atoms with E-state index in [1.54, 1.807) is 6.07 Å². The number of nitrogens with one attached hydrogen (secondary N) is 2. The lowest BCUT2D eigenvalue weighted by molar-refractivity contribution is -0.132. The molecule has 0 aliphatic heterocycles. The summed E-state index contributed by atoms with van der Waals surface area (Å²) in [6.07, 6.45) is 1.30. The molecule has 0 radical (unpaired) electrons. The molecule has 0 bridgehead atoms. The summed E-state index contributed by atoms with van der Waals surface area (Å²) in [5.41, 5.74) is 0.551. The maximum absolute atomic E-state index is 12.9. The van der Waals surface area contributed by atoms with Gasteiger partial charge in [0.05, 0.1) is 26.0 Å². The average molecular weight is 422 g/mol. The molecule has 0 atom stereocenters. The van der Waals surface area contributed by atoms with Crippen molar-refractivity contribution < 1.29 is 19.0 Å². The Morgan fingerprint density at radius 3 is 2.35 bits per heavy atom. The summed E-state index contributed by atoms with van der Waals surface area (Å²) in [4.78, 5) is 42.4. The van der Waals surface area contributed by atoms with Gasteiger partial charge < -0.3 is 24.2 Å². The molecule has 2 aromatic heterocycles. The first kappa shape index (κ1) is 20.0. The van der Waals surface area contributed by atoms with Crippen molar-refractivity contribution in [2.45, 2.75) is 6.92 Å². The molecule has 31 heavy (non-hydrogen) atoms. The number of aromatic amines is 2. The van der Waals surface area contributed by atoms with E-state index in [4.69, 9.17) is 14.2 Å². The van der Waals surface area contributed by atoms with Crippen LogP contribution < -0.4 is 25.5 Å². The molecule has 0 spiro atoms. The second kappa shape index (κ2) is 7.82. The molecule has 158 valence electrons. The molecular weight excluding hydrogens is 404 g/mol. The molecule has 10 nitrogen and oxygen atoms in total. The van der Waals surface area contributed by atoms with E-state index in [-0.39, 0.29) is 22.8 Å². The number of H-pyrrole nitrogens is 2. The lowest BCUT2D eigenvalue weighted by Crippen LogP contribution is -2.32. The lowest BCUT2D eigenvalue weighted by atomic mass is 10.2. The molecule has 0 aliphatic rings. The zero-order valence-corrected chi connectivity index (χ0v) is 16.9. The number of rotatable bonds is 5. The van der Waals surface area contributed by atoms with Crippen LogP contribution in [0.4, 0.5) is 0 Å². The highest BCUT2D eigenvalue weighted by Crippen LogP contribution is 2.38. The molecule has 4 rings (SSSR count). The SMILES string of the molecule is COc1cc(/C=N\n2c(=O)[nH]c3c([nH]c4ccccc43)c2=O)cc(OC)c1OC(C)=O. The zero-order valence-electron chi connectivity index (χ0n) is 16.9. The van der Waals surface area contributed by atoms with Crippen LogP contribution in [-0.2, 0) is 4.79 Å². The number of carbonyl (C=O) groups is 1. The van der Waals surface area contributed by atoms with E-state index < -0.39 is 17.2 Å². The van der Waals surface area contributed by atoms with E-state index in [1.165, 1.54) is 39.5 Å². The van der Waals surface area contributed by atoms with Gasteiger partial charge in [0.2, 0.25) is 5.75 Å². The molecule has 0 saturated heterocycles. The Bertz CT molecular complexity index is 1440. The van der Waals surface area contributed by atoms with Crippen LogP contribution in [0.25, 0.3) is 21.9 Å². The van der Waals surface area contributed by atoms with E-state index in [9.17, 15) is 14.4 Å². The third-order valence-electron chi connectivity index (χ3n) is 4.59. The van der Waals surface area contributed by atoms with Crippen molar-refractivity contribution in [3.8, 4) is 17.2 Å². The number of hydrogen-bond donors (Lipinski definition) is 2. The van der Waals surface area contributed by atoms with Crippen molar-refractivity contribution in [3.63, 3.8) is 0 Å². The Labute approximate surface area is 174 Å². The number of esters is 1. The summed E-state index contributed by atoms with van der Waals surface area (Å²) in [5.74, 6) is 0.0264. The number of carbonyl (C=O) groups excluding carboxylic acids is 1. The molecule has 0 fully saturated rings. The van der Waals surface area contributed by atoms with Crippen LogP contribution in [0.1, 0.15) is 12.5 Å². The second-order valence-corrected chi connectivity index (χ2v) is 6.56. The van der Waals surface area contributed by atoms with Crippen LogP contribution in [0.5, 0.6) is 17.2 Å². The van der Waals surface area contributed by atoms with Crippen molar-refractivity contribution >= 4 is 34.1 Å². The van der Waals surface area contributed by atoms with Crippen molar-refractivity contribution in [1.82, 2.24) is 14.6 Å².